The van der Waals surface area contributed by atoms with Crippen molar-refractivity contribution in [2.24, 2.45) is 0 Å². The highest BCUT2D eigenvalue weighted by atomic mass is 35.5. The minimum atomic E-state index is -4.86. The number of anilines is 1. The minimum Gasteiger partial charge on any atom is -0.379 e. The monoisotopic (exact) mass is 435 g/mol. The summed E-state index contributed by atoms with van der Waals surface area (Å²) < 4.78 is 42.7. The van der Waals surface area contributed by atoms with Crippen LogP contribution < -0.4 is 5.32 Å². The maximum atomic E-state index is 14.2. The lowest BCUT2D eigenvalue weighted by atomic mass is 9.63. The molecule has 3 aromatic rings. The summed E-state index contributed by atoms with van der Waals surface area (Å²) in [6.45, 7) is 5.13. The molecule has 0 radical (unpaired) electrons. The van der Waals surface area contributed by atoms with Crippen LogP contribution >= 0.6 is 11.6 Å². The molecule has 2 atom stereocenters. The predicted octanol–water partition coefficient (Wildman–Crippen LogP) is 5.72. The van der Waals surface area contributed by atoms with Gasteiger partial charge in [-0.1, -0.05) is 37.6 Å². The molecule has 4 nitrogen and oxygen atoms in total. The van der Waals surface area contributed by atoms with Crippen molar-refractivity contribution in [2.45, 2.75) is 50.4 Å². The first-order chi connectivity index (χ1) is 13.9. The lowest BCUT2D eigenvalue weighted by Gasteiger charge is -2.49. The molecule has 2 N–H and O–H groups in total. The summed E-state index contributed by atoms with van der Waals surface area (Å²) in [4.78, 5) is 8.51. The van der Waals surface area contributed by atoms with Gasteiger partial charge in [0.05, 0.1) is 11.6 Å². The third-order valence-electron chi connectivity index (χ3n) is 5.78. The average Bonchev–Trinajstić information content (AvgIpc) is 2.63. The van der Waals surface area contributed by atoms with Crippen LogP contribution in [0.5, 0.6) is 0 Å². The molecule has 1 aromatic heterocycles. The molecule has 4 rings (SSSR count). The van der Waals surface area contributed by atoms with Gasteiger partial charge in [-0.25, -0.2) is 9.97 Å². The number of hydrogen-bond donors (Lipinski definition) is 2. The largest absolute Gasteiger partial charge is 0.419 e. The molecule has 158 valence electrons. The molecule has 0 amide bonds. The van der Waals surface area contributed by atoms with Crippen molar-refractivity contribution in [3.05, 3.63) is 64.6 Å². The zero-order valence-corrected chi connectivity index (χ0v) is 17.4. The number of nitrogens with one attached hydrogen (secondary N) is 1. The third-order valence-corrected chi connectivity index (χ3v) is 6.01. The van der Waals surface area contributed by atoms with Gasteiger partial charge in [-0.2, -0.15) is 13.2 Å². The number of fused-ring (bicyclic) bond motifs is 2. The van der Waals surface area contributed by atoms with Crippen LogP contribution in [0.1, 0.15) is 43.3 Å². The van der Waals surface area contributed by atoms with Crippen LogP contribution in [0.15, 0.2) is 42.6 Å². The average molecular weight is 436 g/mol. The quantitative estimate of drug-likeness (QED) is 0.540. The minimum absolute atomic E-state index is 0.305. The first kappa shape index (κ1) is 20.9. The Morgan fingerprint density at radius 3 is 2.63 bits per heavy atom. The van der Waals surface area contributed by atoms with Gasteiger partial charge in [0.2, 0.25) is 0 Å². The topological polar surface area (TPSA) is 58.0 Å². The number of benzene rings is 2. The number of alkyl halides is 3. The van der Waals surface area contributed by atoms with Gasteiger partial charge in [0.25, 0.3) is 0 Å². The molecule has 1 aliphatic rings. The molecule has 0 unspecified atom stereocenters. The van der Waals surface area contributed by atoms with Gasteiger partial charge >= 0.3 is 6.18 Å². The van der Waals surface area contributed by atoms with Crippen molar-refractivity contribution in [2.75, 3.05) is 5.32 Å². The van der Waals surface area contributed by atoms with Gasteiger partial charge in [-0.05, 0) is 54.2 Å². The second kappa shape index (κ2) is 6.82. The van der Waals surface area contributed by atoms with E-state index in [4.69, 9.17) is 11.6 Å². The smallest absolute Gasteiger partial charge is 0.379 e. The summed E-state index contributed by atoms with van der Waals surface area (Å²) in [6.07, 6.45) is -3.78. The fourth-order valence-electron chi connectivity index (χ4n) is 4.41. The Bertz CT molecular complexity index is 1130. The molecule has 0 aliphatic heterocycles. The Kier molecular flexibility index (Phi) is 4.74. The molecule has 8 heteroatoms. The second-order valence-corrected chi connectivity index (χ2v) is 8.88. The molecule has 0 saturated heterocycles. The van der Waals surface area contributed by atoms with Gasteiger partial charge in [-0.15, -0.1) is 0 Å². The van der Waals surface area contributed by atoms with Gasteiger partial charge < -0.3 is 10.4 Å². The molecule has 0 spiro atoms. The standard InChI is InChI=1S/C22H21ClF3N3O/c1-12-27-10-15-17(28-12)5-4-6-18(15)29-19-14-9-13(23)7-8-16(14)20(2,3)11-21(19,30)22(24,25)26/h4-10,19,29-30H,11H2,1-3H3/t19-,21-/m1/s1. The maximum Gasteiger partial charge on any atom is 0.419 e. The molecule has 0 saturated carbocycles. The zero-order valence-electron chi connectivity index (χ0n) is 16.7. The van der Waals surface area contributed by atoms with E-state index in [1.807, 2.05) is 0 Å². The normalized spacial score (nSPS) is 23.3. The lowest BCUT2D eigenvalue weighted by molar-refractivity contribution is -0.275. The second-order valence-electron chi connectivity index (χ2n) is 8.45. The lowest BCUT2D eigenvalue weighted by Crippen LogP contribution is -2.58. The number of hydrogen-bond acceptors (Lipinski definition) is 4. The highest BCUT2D eigenvalue weighted by Crippen LogP contribution is 2.54. The van der Waals surface area contributed by atoms with E-state index in [0.29, 0.717) is 38.6 Å². The van der Waals surface area contributed by atoms with Crippen molar-refractivity contribution < 1.29 is 18.3 Å². The molecule has 2 aromatic carbocycles. The predicted molar refractivity (Wildman–Crippen MR) is 111 cm³/mol. The number of rotatable bonds is 2. The van der Waals surface area contributed by atoms with Crippen LogP contribution in [0.25, 0.3) is 10.9 Å². The van der Waals surface area contributed by atoms with Crippen molar-refractivity contribution in [1.82, 2.24) is 9.97 Å². The third kappa shape index (κ3) is 3.30. The first-order valence-corrected chi connectivity index (χ1v) is 9.88. The van der Waals surface area contributed by atoms with Crippen molar-refractivity contribution in [1.29, 1.82) is 0 Å². The first-order valence-electron chi connectivity index (χ1n) is 9.50. The fraction of sp³-hybridized carbons (Fsp3) is 0.364. The molecular weight excluding hydrogens is 415 g/mol. The van der Waals surface area contributed by atoms with Crippen molar-refractivity contribution in [3.8, 4) is 0 Å². The number of aliphatic hydroxyl groups is 1. The van der Waals surface area contributed by atoms with E-state index in [1.54, 1.807) is 57.3 Å². The summed E-state index contributed by atoms with van der Waals surface area (Å²) in [5.74, 6) is 0.558. The number of halogens is 4. The molecule has 30 heavy (non-hydrogen) atoms. The van der Waals surface area contributed by atoms with E-state index in [2.05, 4.69) is 15.3 Å². The van der Waals surface area contributed by atoms with Crippen molar-refractivity contribution in [3.63, 3.8) is 0 Å². The highest BCUT2D eigenvalue weighted by molar-refractivity contribution is 6.30. The summed E-state index contributed by atoms with van der Waals surface area (Å²) >= 11 is 6.15. The van der Waals surface area contributed by atoms with Crippen LogP contribution in [-0.4, -0.2) is 26.9 Å². The van der Waals surface area contributed by atoms with E-state index in [1.165, 1.54) is 6.07 Å². The molecular formula is C22H21ClF3N3O. The number of nitrogens with zero attached hydrogens (tertiary/aromatic N) is 2. The molecule has 1 heterocycles. The van der Waals surface area contributed by atoms with E-state index in [-0.39, 0.29) is 0 Å². The van der Waals surface area contributed by atoms with Crippen molar-refractivity contribution >= 4 is 28.2 Å². The SMILES string of the molecule is Cc1ncc2c(N[C@@H]3c4cc(Cl)ccc4C(C)(C)C[C@]3(O)C(F)(F)F)cccc2n1. The van der Waals surface area contributed by atoms with E-state index in [0.717, 1.165) is 0 Å². The van der Waals surface area contributed by atoms with E-state index >= 15 is 0 Å². The fourth-order valence-corrected chi connectivity index (χ4v) is 4.59. The van der Waals surface area contributed by atoms with Gasteiger partial charge in [-0.3, -0.25) is 0 Å². The Morgan fingerprint density at radius 1 is 1.20 bits per heavy atom. The molecule has 0 bridgehead atoms. The summed E-state index contributed by atoms with van der Waals surface area (Å²) in [6, 6.07) is 8.56. The number of aromatic nitrogens is 2. The van der Waals surface area contributed by atoms with Crippen LogP contribution in [-0.2, 0) is 5.41 Å². The molecule has 0 fully saturated rings. The molecule has 1 aliphatic carbocycles. The Hall–Kier alpha value is -2.38. The maximum absolute atomic E-state index is 14.2. The van der Waals surface area contributed by atoms with Gasteiger partial charge in [0.1, 0.15) is 5.82 Å². The summed E-state index contributed by atoms with van der Waals surface area (Å²) in [7, 11) is 0. The zero-order chi connectivity index (χ0) is 21.9. The Balaban J connectivity index is 1.93. The van der Waals surface area contributed by atoms with Crippen LogP contribution in [0, 0.1) is 6.92 Å². The van der Waals surface area contributed by atoms with Gasteiger partial charge in [0.15, 0.2) is 5.60 Å². The van der Waals surface area contributed by atoms with Gasteiger partial charge in [0, 0.05) is 22.3 Å². The highest BCUT2D eigenvalue weighted by Gasteiger charge is 2.63. The summed E-state index contributed by atoms with van der Waals surface area (Å²) in [5, 5.41) is 14.9. The summed E-state index contributed by atoms with van der Waals surface area (Å²) in [5.41, 5.74) is -1.85. The van der Waals surface area contributed by atoms with Crippen LogP contribution in [0.2, 0.25) is 5.02 Å². The van der Waals surface area contributed by atoms with Crippen LogP contribution in [0.3, 0.4) is 0 Å². The van der Waals surface area contributed by atoms with E-state index in [9.17, 15) is 18.3 Å². The van der Waals surface area contributed by atoms with Crippen LogP contribution in [0.4, 0.5) is 18.9 Å². The Morgan fingerprint density at radius 2 is 1.93 bits per heavy atom. The van der Waals surface area contributed by atoms with E-state index < -0.39 is 29.7 Å². The number of aryl methyl sites for hydroxylation is 1. The Labute approximate surface area is 177 Å².